The fraction of sp³-hybridized carbons (Fsp3) is 0.529. The normalized spacial score (nSPS) is 11.1. The third-order valence-corrected chi connectivity index (χ3v) is 3.67. The summed E-state index contributed by atoms with van der Waals surface area (Å²) in [6.07, 6.45) is 7.34. The first kappa shape index (κ1) is 19.1. The van der Waals surface area contributed by atoms with Crippen LogP contribution in [-0.2, 0) is 6.54 Å². The van der Waals surface area contributed by atoms with E-state index in [9.17, 15) is 0 Å². The van der Waals surface area contributed by atoms with Crippen LogP contribution in [0.3, 0.4) is 0 Å². The molecule has 0 fully saturated rings. The van der Waals surface area contributed by atoms with E-state index in [4.69, 9.17) is 16.9 Å². The zero-order chi connectivity index (χ0) is 17.1. The molecule has 0 amide bonds. The number of hydrogen-bond acceptors (Lipinski definition) is 4. The van der Waals surface area contributed by atoms with E-state index in [2.05, 4.69) is 35.2 Å². The van der Waals surface area contributed by atoms with Crippen LogP contribution in [0.4, 0.5) is 5.82 Å². The van der Waals surface area contributed by atoms with Crippen LogP contribution >= 0.6 is 11.6 Å². The molecule has 1 rings (SSSR count). The summed E-state index contributed by atoms with van der Waals surface area (Å²) in [7, 11) is 0. The molecule has 126 valence electrons. The van der Waals surface area contributed by atoms with E-state index in [1.807, 2.05) is 17.6 Å². The van der Waals surface area contributed by atoms with Crippen molar-refractivity contribution in [2.24, 2.45) is 0 Å². The zero-order valence-electron chi connectivity index (χ0n) is 14.0. The Balaban J connectivity index is 3.01. The van der Waals surface area contributed by atoms with Crippen molar-refractivity contribution in [1.82, 2.24) is 14.9 Å². The molecular formula is C17H26ClN5. The van der Waals surface area contributed by atoms with Crippen LogP contribution < -0.4 is 10.6 Å². The van der Waals surface area contributed by atoms with Gasteiger partial charge in [-0.05, 0) is 31.4 Å². The van der Waals surface area contributed by atoms with Crippen molar-refractivity contribution in [3.8, 4) is 6.07 Å². The molecule has 0 bridgehead atoms. The first-order valence-corrected chi connectivity index (χ1v) is 8.45. The summed E-state index contributed by atoms with van der Waals surface area (Å²) >= 11 is 6.29. The summed E-state index contributed by atoms with van der Waals surface area (Å²) in [5.74, 6) is 0.784. The minimum Gasteiger partial charge on any atom is -0.383 e. The number of nitrogens with one attached hydrogen (secondary N) is 2. The van der Waals surface area contributed by atoms with Crippen LogP contribution in [0.25, 0.3) is 5.70 Å². The number of rotatable bonds is 11. The molecular weight excluding hydrogens is 310 g/mol. The van der Waals surface area contributed by atoms with Crippen molar-refractivity contribution >= 4 is 23.1 Å². The molecule has 6 heteroatoms. The molecule has 0 saturated heterocycles. The van der Waals surface area contributed by atoms with Crippen molar-refractivity contribution < 1.29 is 0 Å². The molecule has 0 radical (unpaired) electrons. The van der Waals surface area contributed by atoms with E-state index < -0.39 is 0 Å². The Labute approximate surface area is 144 Å². The number of imidazole rings is 1. The van der Waals surface area contributed by atoms with Crippen molar-refractivity contribution in [1.29, 1.82) is 5.26 Å². The second-order valence-electron chi connectivity index (χ2n) is 5.15. The van der Waals surface area contributed by atoms with Gasteiger partial charge in [-0.25, -0.2) is 4.98 Å². The number of hydrogen-bond donors (Lipinski definition) is 2. The molecule has 0 aliphatic carbocycles. The molecule has 1 aromatic heterocycles. The fourth-order valence-electron chi connectivity index (χ4n) is 2.21. The minimum atomic E-state index is 0.442. The van der Waals surface area contributed by atoms with Gasteiger partial charge in [-0.1, -0.05) is 25.5 Å². The Morgan fingerprint density at radius 1 is 1.43 bits per heavy atom. The number of anilines is 1. The van der Waals surface area contributed by atoms with Gasteiger partial charge in [0.2, 0.25) is 5.28 Å². The van der Waals surface area contributed by atoms with E-state index in [0.29, 0.717) is 18.2 Å². The predicted octanol–water partition coefficient (Wildman–Crippen LogP) is 4.19. The molecule has 0 aliphatic heterocycles. The van der Waals surface area contributed by atoms with E-state index in [1.165, 1.54) is 0 Å². The predicted molar refractivity (Wildman–Crippen MR) is 97.3 cm³/mol. The van der Waals surface area contributed by atoms with Crippen molar-refractivity contribution in [3.05, 3.63) is 29.7 Å². The lowest BCUT2D eigenvalue weighted by molar-refractivity contribution is 0.756. The summed E-state index contributed by atoms with van der Waals surface area (Å²) in [5, 5.41) is 15.8. The standard InChI is InChI=1S/C17H26ClN5/c1-4-7-11-21-16-15(23(13-5-2)17(18)22-16)14(6-3)20-12-9-8-10-19/h5-6,20-21H,2,4,7-9,11-13H2,1,3H3/b14-6+. The number of unbranched alkanes of at least 4 members (excludes halogenated alkanes) is 2. The molecule has 0 saturated carbocycles. The number of aromatic nitrogens is 2. The second kappa shape index (κ2) is 10.7. The fourth-order valence-corrected chi connectivity index (χ4v) is 2.45. The van der Waals surface area contributed by atoms with Crippen molar-refractivity contribution in [2.45, 2.75) is 46.1 Å². The highest BCUT2D eigenvalue weighted by Crippen LogP contribution is 2.27. The minimum absolute atomic E-state index is 0.442. The second-order valence-corrected chi connectivity index (χ2v) is 5.49. The quantitative estimate of drug-likeness (QED) is 0.470. The lowest BCUT2D eigenvalue weighted by Gasteiger charge is -2.15. The molecule has 23 heavy (non-hydrogen) atoms. The Morgan fingerprint density at radius 2 is 2.22 bits per heavy atom. The van der Waals surface area contributed by atoms with Crippen LogP contribution in [0.1, 0.15) is 45.2 Å². The molecule has 5 nitrogen and oxygen atoms in total. The highest BCUT2D eigenvalue weighted by atomic mass is 35.5. The van der Waals surface area contributed by atoms with E-state index in [0.717, 1.165) is 49.6 Å². The van der Waals surface area contributed by atoms with Crippen LogP contribution in [-0.4, -0.2) is 22.6 Å². The highest BCUT2D eigenvalue weighted by molar-refractivity contribution is 6.28. The van der Waals surface area contributed by atoms with Gasteiger partial charge in [0.1, 0.15) is 5.69 Å². The number of halogens is 1. The van der Waals surface area contributed by atoms with Gasteiger partial charge < -0.3 is 15.2 Å². The average Bonchev–Trinajstić information content (AvgIpc) is 2.85. The molecule has 1 aromatic rings. The Hall–Kier alpha value is -1.93. The SMILES string of the molecule is C=CCn1c(Cl)nc(NCCCC)c1/C(=C\C)NCCCC#N. The largest absolute Gasteiger partial charge is 0.383 e. The van der Waals surface area contributed by atoms with Crippen LogP contribution in [0.15, 0.2) is 18.7 Å². The third-order valence-electron chi connectivity index (χ3n) is 3.38. The number of nitriles is 1. The summed E-state index contributed by atoms with van der Waals surface area (Å²) in [5.41, 5.74) is 1.90. The summed E-state index contributed by atoms with van der Waals surface area (Å²) < 4.78 is 1.93. The first-order chi connectivity index (χ1) is 11.2. The van der Waals surface area contributed by atoms with E-state index in [1.54, 1.807) is 6.08 Å². The number of nitrogens with zero attached hydrogens (tertiary/aromatic N) is 3. The smallest absolute Gasteiger partial charge is 0.205 e. The maximum absolute atomic E-state index is 8.64. The molecule has 0 atom stereocenters. The molecule has 0 spiro atoms. The van der Waals surface area contributed by atoms with Gasteiger partial charge in [-0.2, -0.15) is 5.26 Å². The Morgan fingerprint density at radius 3 is 2.83 bits per heavy atom. The Kier molecular flexibility index (Phi) is 8.93. The first-order valence-electron chi connectivity index (χ1n) is 8.07. The van der Waals surface area contributed by atoms with E-state index >= 15 is 0 Å². The maximum Gasteiger partial charge on any atom is 0.205 e. The van der Waals surface area contributed by atoms with Gasteiger partial charge in [0.25, 0.3) is 0 Å². The molecule has 0 unspecified atom stereocenters. The summed E-state index contributed by atoms with van der Waals surface area (Å²) in [6, 6.07) is 2.16. The monoisotopic (exact) mass is 335 g/mol. The lowest BCUT2D eigenvalue weighted by atomic mass is 10.2. The average molecular weight is 336 g/mol. The van der Waals surface area contributed by atoms with Crippen LogP contribution in [0, 0.1) is 11.3 Å². The zero-order valence-corrected chi connectivity index (χ0v) is 14.8. The van der Waals surface area contributed by atoms with Crippen LogP contribution in [0.5, 0.6) is 0 Å². The topological polar surface area (TPSA) is 65.7 Å². The van der Waals surface area contributed by atoms with Gasteiger partial charge in [-0.15, -0.1) is 6.58 Å². The van der Waals surface area contributed by atoms with Crippen molar-refractivity contribution in [2.75, 3.05) is 18.4 Å². The van der Waals surface area contributed by atoms with Gasteiger partial charge in [0, 0.05) is 26.1 Å². The molecule has 2 N–H and O–H groups in total. The van der Waals surface area contributed by atoms with Gasteiger partial charge >= 0.3 is 0 Å². The summed E-state index contributed by atoms with van der Waals surface area (Å²) in [6.45, 7) is 10.1. The Bertz CT molecular complexity index is 568. The highest BCUT2D eigenvalue weighted by Gasteiger charge is 2.18. The van der Waals surface area contributed by atoms with E-state index in [-0.39, 0.29) is 0 Å². The van der Waals surface area contributed by atoms with Crippen molar-refractivity contribution in [3.63, 3.8) is 0 Å². The molecule has 0 aliphatic rings. The molecule has 0 aromatic carbocycles. The third kappa shape index (κ3) is 5.65. The van der Waals surface area contributed by atoms with Gasteiger partial charge in [-0.3, -0.25) is 0 Å². The maximum atomic E-state index is 8.64. The van der Waals surface area contributed by atoms with Crippen LogP contribution in [0.2, 0.25) is 5.28 Å². The lowest BCUT2D eigenvalue weighted by Crippen LogP contribution is -2.18. The molecule has 1 heterocycles. The van der Waals surface area contributed by atoms with Gasteiger partial charge in [0.05, 0.1) is 11.8 Å². The summed E-state index contributed by atoms with van der Waals surface area (Å²) in [4.78, 5) is 4.45. The van der Waals surface area contributed by atoms with Gasteiger partial charge in [0.15, 0.2) is 5.82 Å². The number of allylic oxidation sites excluding steroid dienone is 2.